The zero-order chi connectivity index (χ0) is 15.9. The largest absolute Gasteiger partial charge is 0.454 e. The van der Waals surface area contributed by atoms with Gasteiger partial charge in [-0.05, 0) is 24.6 Å². The summed E-state index contributed by atoms with van der Waals surface area (Å²) in [6, 6.07) is 9.70. The lowest BCUT2D eigenvalue weighted by molar-refractivity contribution is 0.472. The molecular formula is C16H9Cl3O3. The number of aryl methyl sites for hydroxylation is 1. The Morgan fingerprint density at radius 1 is 1.00 bits per heavy atom. The first-order valence-electron chi connectivity index (χ1n) is 6.31. The molecule has 2 aromatic carbocycles. The number of benzene rings is 2. The van der Waals surface area contributed by atoms with Crippen molar-refractivity contribution in [2.75, 3.05) is 0 Å². The summed E-state index contributed by atoms with van der Waals surface area (Å²) in [7, 11) is 0. The maximum atomic E-state index is 11.7. The summed E-state index contributed by atoms with van der Waals surface area (Å²) in [5, 5.41) is 1.61. The molecule has 0 bridgehead atoms. The SMILES string of the molecule is Cc1cccc(Cl)c1Oc1cc(=O)oc2cc(Cl)c(Cl)cc12. The van der Waals surface area contributed by atoms with Gasteiger partial charge < -0.3 is 9.15 Å². The highest BCUT2D eigenvalue weighted by Gasteiger charge is 2.13. The van der Waals surface area contributed by atoms with Crippen molar-refractivity contribution in [2.45, 2.75) is 6.92 Å². The molecule has 1 aromatic heterocycles. The van der Waals surface area contributed by atoms with Crippen LogP contribution in [0.25, 0.3) is 11.0 Å². The van der Waals surface area contributed by atoms with Gasteiger partial charge in [0, 0.05) is 6.07 Å². The Labute approximate surface area is 141 Å². The summed E-state index contributed by atoms with van der Waals surface area (Å²) in [6.07, 6.45) is 0. The van der Waals surface area contributed by atoms with E-state index in [4.69, 9.17) is 44.0 Å². The fourth-order valence-corrected chi connectivity index (χ4v) is 2.65. The zero-order valence-corrected chi connectivity index (χ0v) is 13.6. The number of para-hydroxylation sites is 1. The third-order valence-electron chi connectivity index (χ3n) is 3.12. The van der Waals surface area contributed by atoms with Gasteiger partial charge in [-0.25, -0.2) is 4.79 Å². The van der Waals surface area contributed by atoms with E-state index in [2.05, 4.69) is 0 Å². The van der Waals surface area contributed by atoms with Crippen LogP contribution in [0.3, 0.4) is 0 Å². The van der Waals surface area contributed by atoms with Crippen LogP contribution in [0, 0.1) is 6.92 Å². The zero-order valence-electron chi connectivity index (χ0n) is 11.3. The fourth-order valence-electron chi connectivity index (χ4n) is 2.07. The highest BCUT2D eigenvalue weighted by atomic mass is 35.5. The summed E-state index contributed by atoms with van der Waals surface area (Å²) in [5.74, 6) is 0.781. The lowest BCUT2D eigenvalue weighted by Crippen LogP contribution is -1.99. The third-order valence-corrected chi connectivity index (χ3v) is 4.14. The van der Waals surface area contributed by atoms with Crippen molar-refractivity contribution >= 4 is 45.8 Å². The second kappa shape index (κ2) is 5.84. The van der Waals surface area contributed by atoms with Gasteiger partial charge in [-0.1, -0.05) is 46.9 Å². The second-order valence-electron chi connectivity index (χ2n) is 4.68. The van der Waals surface area contributed by atoms with Crippen molar-refractivity contribution in [1.29, 1.82) is 0 Å². The Morgan fingerprint density at radius 2 is 1.73 bits per heavy atom. The first-order chi connectivity index (χ1) is 10.5. The standard InChI is InChI=1S/C16H9Cl3O3/c1-8-3-2-4-10(17)16(8)22-14-7-15(20)21-13-6-12(19)11(18)5-9(13)14/h2-7H,1H3. The molecule has 0 aliphatic rings. The Morgan fingerprint density at radius 3 is 2.45 bits per heavy atom. The van der Waals surface area contributed by atoms with Gasteiger partial charge in [0.25, 0.3) is 0 Å². The van der Waals surface area contributed by atoms with E-state index in [0.717, 1.165) is 5.56 Å². The van der Waals surface area contributed by atoms with Crippen LogP contribution < -0.4 is 10.4 Å². The van der Waals surface area contributed by atoms with Crippen molar-refractivity contribution in [3.05, 3.63) is 67.4 Å². The number of ether oxygens (including phenoxy) is 1. The molecule has 0 amide bonds. The summed E-state index contributed by atoms with van der Waals surface area (Å²) in [6.45, 7) is 1.86. The van der Waals surface area contributed by atoms with Crippen molar-refractivity contribution < 1.29 is 9.15 Å². The smallest absolute Gasteiger partial charge is 0.339 e. The third kappa shape index (κ3) is 2.80. The maximum absolute atomic E-state index is 11.7. The van der Waals surface area contributed by atoms with E-state index in [9.17, 15) is 4.79 Å². The molecule has 0 aliphatic carbocycles. The summed E-state index contributed by atoms with van der Waals surface area (Å²) in [4.78, 5) is 11.7. The van der Waals surface area contributed by atoms with Crippen molar-refractivity contribution in [3.8, 4) is 11.5 Å². The highest BCUT2D eigenvalue weighted by Crippen LogP contribution is 2.37. The van der Waals surface area contributed by atoms with E-state index >= 15 is 0 Å². The molecule has 0 atom stereocenters. The highest BCUT2D eigenvalue weighted by molar-refractivity contribution is 6.42. The number of hydrogen-bond acceptors (Lipinski definition) is 3. The van der Waals surface area contributed by atoms with E-state index in [1.165, 1.54) is 12.1 Å². The number of fused-ring (bicyclic) bond motifs is 1. The van der Waals surface area contributed by atoms with E-state index in [-0.39, 0.29) is 0 Å². The molecule has 0 radical (unpaired) electrons. The summed E-state index contributed by atoms with van der Waals surface area (Å²) < 4.78 is 11.0. The normalized spacial score (nSPS) is 10.9. The molecule has 3 aromatic rings. The van der Waals surface area contributed by atoms with Crippen molar-refractivity contribution in [1.82, 2.24) is 0 Å². The molecule has 3 rings (SSSR count). The van der Waals surface area contributed by atoms with Crippen LogP contribution in [0.5, 0.6) is 11.5 Å². The Hall–Kier alpha value is -1.68. The van der Waals surface area contributed by atoms with E-state index in [1.54, 1.807) is 12.1 Å². The molecular weight excluding hydrogens is 347 g/mol. The topological polar surface area (TPSA) is 39.4 Å². The number of rotatable bonds is 2. The first-order valence-corrected chi connectivity index (χ1v) is 7.45. The van der Waals surface area contributed by atoms with Crippen LogP contribution in [-0.4, -0.2) is 0 Å². The maximum Gasteiger partial charge on any atom is 0.339 e. The molecule has 0 unspecified atom stereocenters. The minimum absolute atomic E-state index is 0.293. The molecule has 0 saturated heterocycles. The quantitative estimate of drug-likeness (QED) is 0.541. The molecule has 0 spiro atoms. The summed E-state index contributed by atoms with van der Waals surface area (Å²) in [5.41, 5.74) is 0.584. The van der Waals surface area contributed by atoms with Gasteiger partial charge in [0.15, 0.2) is 0 Å². The predicted octanol–water partition coefficient (Wildman–Crippen LogP) is 5.85. The van der Waals surface area contributed by atoms with Gasteiger partial charge in [-0.3, -0.25) is 0 Å². The molecule has 3 nitrogen and oxygen atoms in total. The Balaban J connectivity index is 2.22. The average Bonchev–Trinajstić information content (AvgIpc) is 2.45. The Bertz CT molecular complexity index is 912. The minimum atomic E-state index is -0.550. The minimum Gasteiger partial charge on any atom is -0.454 e. The molecule has 0 saturated carbocycles. The molecule has 0 aliphatic heterocycles. The summed E-state index contributed by atoms with van der Waals surface area (Å²) >= 11 is 18.1. The van der Waals surface area contributed by atoms with Crippen LogP contribution >= 0.6 is 34.8 Å². The van der Waals surface area contributed by atoms with Crippen LogP contribution in [0.1, 0.15) is 5.56 Å². The van der Waals surface area contributed by atoms with Gasteiger partial charge >= 0.3 is 5.63 Å². The predicted molar refractivity (Wildman–Crippen MR) is 88.8 cm³/mol. The molecule has 1 heterocycles. The number of hydrogen-bond donors (Lipinski definition) is 0. The van der Waals surface area contributed by atoms with Crippen LogP contribution in [-0.2, 0) is 0 Å². The van der Waals surface area contributed by atoms with Gasteiger partial charge in [-0.15, -0.1) is 0 Å². The monoisotopic (exact) mass is 354 g/mol. The lowest BCUT2D eigenvalue weighted by atomic mass is 10.2. The van der Waals surface area contributed by atoms with E-state index in [0.29, 0.717) is 37.5 Å². The van der Waals surface area contributed by atoms with Gasteiger partial charge in [-0.2, -0.15) is 0 Å². The molecule has 112 valence electrons. The molecule has 22 heavy (non-hydrogen) atoms. The molecule has 0 fully saturated rings. The van der Waals surface area contributed by atoms with Crippen molar-refractivity contribution in [3.63, 3.8) is 0 Å². The van der Waals surface area contributed by atoms with Crippen molar-refractivity contribution in [2.24, 2.45) is 0 Å². The van der Waals surface area contributed by atoms with Gasteiger partial charge in [0.1, 0.15) is 17.1 Å². The van der Waals surface area contributed by atoms with Crippen LogP contribution in [0.2, 0.25) is 15.1 Å². The van der Waals surface area contributed by atoms with Gasteiger partial charge in [0.2, 0.25) is 0 Å². The van der Waals surface area contributed by atoms with Crippen LogP contribution in [0.4, 0.5) is 0 Å². The first kappa shape index (κ1) is 15.2. The average molecular weight is 356 g/mol. The van der Waals surface area contributed by atoms with E-state index < -0.39 is 5.63 Å². The second-order valence-corrected chi connectivity index (χ2v) is 5.90. The Kier molecular flexibility index (Phi) is 4.04. The lowest BCUT2D eigenvalue weighted by Gasteiger charge is -2.12. The number of halogens is 3. The molecule has 6 heteroatoms. The van der Waals surface area contributed by atoms with Crippen LogP contribution in [0.15, 0.2) is 45.6 Å². The molecule has 0 N–H and O–H groups in total. The van der Waals surface area contributed by atoms with E-state index in [1.807, 2.05) is 19.1 Å². The fraction of sp³-hybridized carbons (Fsp3) is 0.0625. The van der Waals surface area contributed by atoms with Gasteiger partial charge in [0.05, 0.1) is 26.5 Å².